The third kappa shape index (κ3) is 2.50. The van der Waals surface area contributed by atoms with E-state index in [1.54, 1.807) is 0 Å². The zero-order valence-electron chi connectivity index (χ0n) is 8.74. The smallest absolute Gasteiger partial charge is 0.215 e. The zero-order chi connectivity index (χ0) is 10.9. The van der Waals surface area contributed by atoms with E-state index in [0.29, 0.717) is 32.6 Å². The minimum absolute atomic E-state index is 0.296. The van der Waals surface area contributed by atoms with Gasteiger partial charge in [-0.3, -0.25) is 0 Å². The Balaban J connectivity index is 1.99. The molecule has 2 rings (SSSR count). The van der Waals surface area contributed by atoms with Crippen molar-refractivity contribution in [2.75, 3.05) is 19.8 Å². The van der Waals surface area contributed by atoms with Crippen molar-refractivity contribution in [2.45, 2.75) is 36.5 Å². The SMILES string of the molecule is NCC1(NS(=O)(=O)C2CCOCC2)CC1. The summed E-state index contributed by atoms with van der Waals surface area (Å²) in [4.78, 5) is 0. The Bertz CT molecular complexity index is 318. The maximum absolute atomic E-state index is 12.0. The summed E-state index contributed by atoms with van der Waals surface area (Å²) in [5.41, 5.74) is 5.23. The monoisotopic (exact) mass is 234 g/mol. The van der Waals surface area contributed by atoms with Gasteiger partial charge in [0.2, 0.25) is 10.0 Å². The first-order valence-electron chi connectivity index (χ1n) is 5.39. The molecule has 1 heterocycles. The van der Waals surface area contributed by atoms with Crippen molar-refractivity contribution in [2.24, 2.45) is 5.73 Å². The molecule has 0 amide bonds. The van der Waals surface area contributed by atoms with Crippen molar-refractivity contribution >= 4 is 10.0 Å². The van der Waals surface area contributed by atoms with Gasteiger partial charge in [-0.25, -0.2) is 13.1 Å². The molecule has 0 bridgehead atoms. The van der Waals surface area contributed by atoms with Crippen molar-refractivity contribution in [3.8, 4) is 0 Å². The maximum atomic E-state index is 12.0. The summed E-state index contributed by atoms with van der Waals surface area (Å²) in [5.74, 6) is 0. The van der Waals surface area contributed by atoms with Crippen molar-refractivity contribution in [3.05, 3.63) is 0 Å². The minimum Gasteiger partial charge on any atom is -0.381 e. The predicted octanol–water partition coefficient (Wildman–Crippen LogP) is -0.424. The molecule has 0 radical (unpaired) electrons. The van der Waals surface area contributed by atoms with Gasteiger partial charge in [0.25, 0.3) is 0 Å². The Hall–Kier alpha value is -0.170. The Labute approximate surface area is 90.4 Å². The summed E-state index contributed by atoms with van der Waals surface area (Å²) < 4.78 is 31.9. The fourth-order valence-corrected chi connectivity index (χ4v) is 3.74. The number of sulfonamides is 1. The molecule has 1 saturated carbocycles. The molecule has 5 nitrogen and oxygen atoms in total. The van der Waals surface area contributed by atoms with Crippen LogP contribution in [0.4, 0.5) is 0 Å². The van der Waals surface area contributed by atoms with Gasteiger partial charge in [-0.15, -0.1) is 0 Å². The molecule has 2 aliphatic rings. The Morgan fingerprint density at radius 2 is 1.93 bits per heavy atom. The second kappa shape index (κ2) is 4.01. The lowest BCUT2D eigenvalue weighted by atomic mass is 10.2. The van der Waals surface area contributed by atoms with Crippen LogP contribution >= 0.6 is 0 Å². The molecule has 0 aromatic heterocycles. The van der Waals surface area contributed by atoms with Crippen LogP contribution in [0.25, 0.3) is 0 Å². The van der Waals surface area contributed by atoms with E-state index in [4.69, 9.17) is 10.5 Å². The van der Waals surface area contributed by atoms with Crippen LogP contribution in [0, 0.1) is 0 Å². The molecule has 6 heteroatoms. The van der Waals surface area contributed by atoms with E-state index in [-0.39, 0.29) is 10.8 Å². The van der Waals surface area contributed by atoms with Gasteiger partial charge in [-0.05, 0) is 25.7 Å². The van der Waals surface area contributed by atoms with Crippen LogP contribution in [-0.2, 0) is 14.8 Å². The largest absolute Gasteiger partial charge is 0.381 e. The fraction of sp³-hybridized carbons (Fsp3) is 1.00. The first kappa shape index (κ1) is 11.3. The molecule has 0 aromatic rings. The average molecular weight is 234 g/mol. The average Bonchev–Trinajstić information content (AvgIpc) is 2.99. The Morgan fingerprint density at radius 3 is 2.40 bits per heavy atom. The molecule has 88 valence electrons. The summed E-state index contributed by atoms with van der Waals surface area (Å²) in [6, 6.07) is 0. The lowest BCUT2D eigenvalue weighted by molar-refractivity contribution is 0.0980. The fourth-order valence-electron chi connectivity index (χ4n) is 1.87. The summed E-state index contributed by atoms with van der Waals surface area (Å²) in [6.45, 7) is 1.48. The van der Waals surface area contributed by atoms with Gasteiger partial charge in [0.05, 0.1) is 5.25 Å². The Morgan fingerprint density at radius 1 is 1.33 bits per heavy atom. The maximum Gasteiger partial charge on any atom is 0.215 e. The number of hydrogen-bond acceptors (Lipinski definition) is 4. The second-order valence-electron chi connectivity index (χ2n) is 4.44. The van der Waals surface area contributed by atoms with Gasteiger partial charge >= 0.3 is 0 Å². The quantitative estimate of drug-likeness (QED) is 0.692. The number of hydrogen-bond donors (Lipinski definition) is 2. The van der Waals surface area contributed by atoms with E-state index >= 15 is 0 Å². The van der Waals surface area contributed by atoms with Crippen molar-refractivity contribution < 1.29 is 13.2 Å². The van der Waals surface area contributed by atoms with E-state index in [1.165, 1.54) is 0 Å². The molecule has 1 saturated heterocycles. The summed E-state index contributed by atoms with van der Waals surface area (Å²) >= 11 is 0. The molecule has 15 heavy (non-hydrogen) atoms. The lowest BCUT2D eigenvalue weighted by Gasteiger charge is -2.25. The van der Waals surface area contributed by atoms with Crippen molar-refractivity contribution in [1.82, 2.24) is 4.72 Å². The number of nitrogens with two attached hydrogens (primary N) is 1. The van der Waals surface area contributed by atoms with Gasteiger partial charge in [0.15, 0.2) is 0 Å². The van der Waals surface area contributed by atoms with Gasteiger partial charge in [0, 0.05) is 25.3 Å². The molecule has 0 unspecified atom stereocenters. The molecule has 0 spiro atoms. The molecular formula is C9H18N2O3S. The van der Waals surface area contributed by atoms with Gasteiger partial charge in [-0.2, -0.15) is 0 Å². The van der Waals surface area contributed by atoms with E-state index in [2.05, 4.69) is 4.72 Å². The standard InChI is InChI=1S/C9H18N2O3S/c10-7-9(3-4-9)11-15(12,13)8-1-5-14-6-2-8/h8,11H,1-7,10H2. The topological polar surface area (TPSA) is 81.4 Å². The predicted molar refractivity (Wildman–Crippen MR) is 56.9 cm³/mol. The van der Waals surface area contributed by atoms with Crippen LogP contribution < -0.4 is 10.5 Å². The Kier molecular flexibility index (Phi) is 3.03. The van der Waals surface area contributed by atoms with E-state index in [0.717, 1.165) is 12.8 Å². The molecule has 0 atom stereocenters. The highest BCUT2D eigenvalue weighted by Crippen LogP contribution is 2.35. The van der Waals surface area contributed by atoms with Gasteiger partial charge in [0.1, 0.15) is 0 Å². The molecule has 1 aliphatic carbocycles. The van der Waals surface area contributed by atoms with E-state index in [1.807, 2.05) is 0 Å². The third-order valence-corrected chi connectivity index (χ3v) is 5.28. The van der Waals surface area contributed by atoms with Crippen LogP contribution in [-0.4, -0.2) is 39.0 Å². The first-order valence-corrected chi connectivity index (χ1v) is 6.93. The van der Waals surface area contributed by atoms with Crippen molar-refractivity contribution in [3.63, 3.8) is 0 Å². The third-order valence-electron chi connectivity index (χ3n) is 3.21. The zero-order valence-corrected chi connectivity index (χ0v) is 9.55. The first-order chi connectivity index (χ1) is 7.08. The molecule has 1 aliphatic heterocycles. The molecule has 3 N–H and O–H groups in total. The molecular weight excluding hydrogens is 216 g/mol. The minimum atomic E-state index is -3.20. The van der Waals surface area contributed by atoms with Crippen LogP contribution in [0.5, 0.6) is 0 Å². The number of rotatable bonds is 4. The van der Waals surface area contributed by atoms with Gasteiger partial charge < -0.3 is 10.5 Å². The van der Waals surface area contributed by atoms with Crippen LogP contribution in [0.3, 0.4) is 0 Å². The molecule has 2 fully saturated rings. The summed E-state index contributed by atoms with van der Waals surface area (Å²) in [5, 5.41) is -0.296. The highest BCUT2D eigenvalue weighted by atomic mass is 32.2. The van der Waals surface area contributed by atoms with E-state index in [9.17, 15) is 8.42 Å². The number of ether oxygens (including phenoxy) is 1. The van der Waals surface area contributed by atoms with Gasteiger partial charge in [-0.1, -0.05) is 0 Å². The number of nitrogens with one attached hydrogen (secondary N) is 1. The summed E-state index contributed by atoms with van der Waals surface area (Å²) in [7, 11) is -3.20. The van der Waals surface area contributed by atoms with Crippen LogP contribution in [0.2, 0.25) is 0 Å². The van der Waals surface area contributed by atoms with Crippen LogP contribution in [0.15, 0.2) is 0 Å². The normalized spacial score (nSPS) is 26.5. The summed E-state index contributed by atoms with van der Waals surface area (Å²) in [6.07, 6.45) is 2.92. The highest BCUT2D eigenvalue weighted by Gasteiger charge is 2.46. The van der Waals surface area contributed by atoms with E-state index < -0.39 is 10.0 Å². The van der Waals surface area contributed by atoms with Crippen LogP contribution in [0.1, 0.15) is 25.7 Å². The van der Waals surface area contributed by atoms with Crippen molar-refractivity contribution in [1.29, 1.82) is 0 Å². The lowest BCUT2D eigenvalue weighted by Crippen LogP contribution is -2.47. The highest BCUT2D eigenvalue weighted by molar-refractivity contribution is 7.90. The molecule has 0 aromatic carbocycles. The second-order valence-corrected chi connectivity index (χ2v) is 6.40.